The van der Waals surface area contributed by atoms with Crippen LogP contribution < -0.4 is 5.32 Å². The molecule has 0 heterocycles. The summed E-state index contributed by atoms with van der Waals surface area (Å²) in [5.41, 5.74) is 0. The van der Waals surface area contributed by atoms with Crippen molar-refractivity contribution in [1.82, 2.24) is 5.32 Å². The van der Waals surface area contributed by atoms with Crippen molar-refractivity contribution in [3.63, 3.8) is 0 Å². The molecule has 5 nitrogen and oxygen atoms in total. The maximum absolute atomic E-state index is 10.8. The fourth-order valence-corrected chi connectivity index (χ4v) is 1.31. The molecule has 13 heavy (non-hydrogen) atoms. The Morgan fingerprint density at radius 1 is 1.46 bits per heavy atom. The van der Waals surface area contributed by atoms with Crippen LogP contribution in [0.1, 0.15) is 26.2 Å². The topological polar surface area (TPSA) is 83.5 Å². The van der Waals surface area contributed by atoms with Gasteiger partial charge in [-0.15, -0.1) is 0 Å². The average Bonchev–Trinajstić information content (AvgIpc) is 1.97. The number of carbonyl (C=O) groups is 1. The van der Waals surface area contributed by atoms with E-state index in [1.165, 1.54) is 0 Å². The first-order valence-corrected chi connectivity index (χ1v) is 5.78. The summed E-state index contributed by atoms with van der Waals surface area (Å²) >= 11 is 0. The van der Waals surface area contributed by atoms with Crippen LogP contribution in [0.25, 0.3) is 0 Å². The van der Waals surface area contributed by atoms with E-state index in [1.54, 1.807) is 0 Å². The molecule has 0 aliphatic carbocycles. The zero-order valence-electron chi connectivity index (χ0n) is 7.62. The van der Waals surface area contributed by atoms with Gasteiger partial charge < -0.3 is 5.32 Å². The lowest BCUT2D eigenvalue weighted by Gasteiger charge is -2.02. The average molecular weight is 209 g/mol. The van der Waals surface area contributed by atoms with E-state index in [-0.39, 0.29) is 18.1 Å². The van der Waals surface area contributed by atoms with Crippen molar-refractivity contribution in [3.8, 4) is 0 Å². The molecule has 0 aliphatic heterocycles. The minimum absolute atomic E-state index is 0.0853. The second-order valence-corrected chi connectivity index (χ2v) is 4.31. The molecule has 0 saturated carbocycles. The standard InChI is InChI=1S/C7H15NO4S/c1-2-4-7(9)8-5-3-6-13(10,11)12/h2-6H2,1H3,(H,8,9)(H,10,11,12). The molecule has 0 unspecified atom stereocenters. The van der Waals surface area contributed by atoms with Crippen molar-refractivity contribution in [1.29, 1.82) is 0 Å². The van der Waals surface area contributed by atoms with Crippen molar-refractivity contribution in [2.24, 2.45) is 0 Å². The van der Waals surface area contributed by atoms with Crippen molar-refractivity contribution in [2.45, 2.75) is 26.2 Å². The predicted molar refractivity (Wildman–Crippen MR) is 49.0 cm³/mol. The van der Waals surface area contributed by atoms with Crippen LogP contribution >= 0.6 is 0 Å². The monoisotopic (exact) mass is 209 g/mol. The number of rotatable bonds is 6. The van der Waals surface area contributed by atoms with E-state index in [2.05, 4.69) is 5.32 Å². The van der Waals surface area contributed by atoms with Crippen molar-refractivity contribution >= 4 is 16.0 Å². The first kappa shape index (κ1) is 12.4. The molecular weight excluding hydrogens is 194 g/mol. The number of nitrogens with one attached hydrogen (secondary N) is 1. The Bertz CT molecular complexity index is 247. The third kappa shape index (κ3) is 9.29. The lowest BCUT2D eigenvalue weighted by atomic mass is 10.3. The normalized spacial score (nSPS) is 11.2. The number of hydrogen-bond donors (Lipinski definition) is 2. The predicted octanol–water partition coefficient (Wildman–Crippen LogP) is 0.181. The number of carbonyl (C=O) groups excluding carboxylic acids is 1. The van der Waals surface area contributed by atoms with E-state index in [0.29, 0.717) is 13.0 Å². The highest BCUT2D eigenvalue weighted by Crippen LogP contribution is 1.89. The highest BCUT2D eigenvalue weighted by Gasteiger charge is 2.04. The fourth-order valence-electron chi connectivity index (χ4n) is 0.798. The first-order valence-electron chi connectivity index (χ1n) is 4.17. The van der Waals surface area contributed by atoms with E-state index in [1.807, 2.05) is 6.92 Å². The molecule has 2 N–H and O–H groups in total. The third-order valence-electron chi connectivity index (χ3n) is 1.38. The van der Waals surface area contributed by atoms with Gasteiger partial charge in [-0.05, 0) is 12.8 Å². The van der Waals surface area contributed by atoms with Gasteiger partial charge in [0.15, 0.2) is 0 Å². The second kappa shape index (κ2) is 5.93. The zero-order chi connectivity index (χ0) is 10.3. The molecule has 0 rings (SSSR count). The summed E-state index contributed by atoms with van der Waals surface area (Å²) in [6.45, 7) is 2.18. The number of hydrogen-bond acceptors (Lipinski definition) is 3. The molecule has 0 atom stereocenters. The van der Waals surface area contributed by atoms with Gasteiger partial charge in [0, 0.05) is 13.0 Å². The van der Waals surface area contributed by atoms with Gasteiger partial charge in [0.1, 0.15) is 0 Å². The summed E-state index contributed by atoms with van der Waals surface area (Å²) in [6, 6.07) is 0. The van der Waals surface area contributed by atoms with E-state index in [4.69, 9.17) is 4.55 Å². The zero-order valence-corrected chi connectivity index (χ0v) is 8.43. The summed E-state index contributed by atoms with van der Waals surface area (Å²) in [4.78, 5) is 10.8. The van der Waals surface area contributed by atoms with Gasteiger partial charge in [0.05, 0.1) is 5.75 Å². The minimum Gasteiger partial charge on any atom is -0.356 e. The summed E-state index contributed by atoms with van der Waals surface area (Å²) in [6.07, 6.45) is 1.46. The molecular formula is C7H15NO4S. The van der Waals surface area contributed by atoms with Crippen LogP contribution in [0, 0.1) is 0 Å². The summed E-state index contributed by atoms with van der Waals surface area (Å²) in [5, 5.41) is 2.54. The van der Waals surface area contributed by atoms with Crippen LogP contribution in [0.2, 0.25) is 0 Å². The SMILES string of the molecule is CCCC(=O)NCCCS(=O)(=O)O. The summed E-state index contributed by atoms with van der Waals surface area (Å²) < 4.78 is 28.8. The van der Waals surface area contributed by atoms with Crippen LogP contribution in [0.4, 0.5) is 0 Å². The largest absolute Gasteiger partial charge is 0.356 e. The quantitative estimate of drug-likeness (QED) is 0.483. The van der Waals surface area contributed by atoms with E-state index in [9.17, 15) is 13.2 Å². The van der Waals surface area contributed by atoms with Crippen molar-refractivity contribution in [2.75, 3.05) is 12.3 Å². The Balaban J connectivity index is 3.41. The van der Waals surface area contributed by atoms with Gasteiger partial charge in [0.2, 0.25) is 5.91 Å². The molecule has 1 amide bonds. The second-order valence-electron chi connectivity index (χ2n) is 2.74. The minimum atomic E-state index is -3.89. The molecule has 0 aromatic carbocycles. The summed E-state index contributed by atoms with van der Waals surface area (Å²) in [7, 11) is -3.89. The van der Waals surface area contributed by atoms with Gasteiger partial charge >= 0.3 is 0 Å². The molecule has 0 fully saturated rings. The lowest BCUT2D eigenvalue weighted by Crippen LogP contribution is -2.25. The lowest BCUT2D eigenvalue weighted by molar-refractivity contribution is -0.121. The third-order valence-corrected chi connectivity index (χ3v) is 2.18. The first-order chi connectivity index (χ1) is 5.95. The van der Waals surface area contributed by atoms with Crippen molar-refractivity contribution in [3.05, 3.63) is 0 Å². The molecule has 6 heteroatoms. The smallest absolute Gasteiger partial charge is 0.264 e. The Kier molecular flexibility index (Phi) is 5.65. The van der Waals surface area contributed by atoms with Crippen molar-refractivity contribution < 1.29 is 17.8 Å². The Morgan fingerprint density at radius 3 is 2.54 bits per heavy atom. The molecule has 0 aromatic rings. The van der Waals surface area contributed by atoms with Gasteiger partial charge in [-0.1, -0.05) is 6.92 Å². The van der Waals surface area contributed by atoms with Gasteiger partial charge in [-0.25, -0.2) is 0 Å². The molecule has 0 spiro atoms. The van der Waals surface area contributed by atoms with Crippen LogP contribution in [-0.2, 0) is 14.9 Å². The molecule has 0 bridgehead atoms. The van der Waals surface area contributed by atoms with E-state index < -0.39 is 10.1 Å². The van der Waals surface area contributed by atoms with Crippen LogP contribution in [0.3, 0.4) is 0 Å². The Hall–Kier alpha value is -0.620. The van der Waals surface area contributed by atoms with Crippen LogP contribution in [0.5, 0.6) is 0 Å². The molecule has 0 saturated heterocycles. The van der Waals surface area contributed by atoms with Gasteiger partial charge in [-0.2, -0.15) is 8.42 Å². The number of amides is 1. The Labute approximate surface area is 78.3 Å². The van der Waals surface area contributed by atoms with E-state index in [0.717, 1.165) is 6.42 Å². The molecule has 0 aromatic heterocycles. The highest BCUT2D eigenvalue weighted by molar-refractivity contribution is 7.85. The molecule has 0 aliphatic rings. The molecule has 0 radical (unpaired) electrons. The Morgan fingerprint density at radius 2 is 2.08 bits per heavy atom. The van der Waals surface area contributed by atoms with Gasteiger partial charge in [-0.3, -0.25) is 9.35 Å². The maximum Gasteiger partial charge on any atom is 0.264 e. The van der Waals surface area contributed by atoms with Gasteiger partial charge in [0.25, 0.3) is 10.1 Å². The van der Waals surface area contributed by atoms with E-state index >= 15 is 0 Å². The van der Waals surface area contributed by atoms with Crippen LogP contribution in [0.15, 0.2) is 0 Å². The maximum atomic E-state index is 10.8. The fraction of sp³-hybridized carbons (Fsp3) is 0.857. The van der Waals surface area contributed by atoms with Crippen LogP contribution in [-0.4, -0.2) is 31.2 Å². The summed E-state index contributed by atoms with van der Waals surface area (Å²) in [5.74, 6) is -0.391. The molecule has 78 valence electrons. The highest BCUT2D eigenvalue weighted by atomic mass is 32.2.